The lowest BCUT2D eigenvalue weighted by Crippen LogP contribution is -2.52. The Labute approximate surface area is 239 Å². The number of benzene rings is 2. The van der Waals surface area contributed by atoms with Crippen molar-refractivity contribution in [3.8, 4) is 11.5 Å². The summed E-state index contributed by atoms with van der Waals surface area (Å²) in [6.45, 7) is 8.44. The molecule has 0 saturated carbocycles. The molecule has 15 heteroatoms. The summed E-state index contributed by atoms with van der Waals surface area (Å²) in [6, 6.07) is 7.71. The summed E-state index contributed by atoms with van der Waals surface area (Å²) in [5.41, 5.74) is -6.77. The normalized spacial score (nSPS) is 13.7. The van der Waals surface area contributed by atoms with E-state index >= 15 is 0 Å². The topological polar surface area (TPSA) is 131 Å². The monoisotopic (exact) mass is 627 g/mol. The Morgan fingerprint density at radius 2 is 1.85 bits per heavy atom. The molecule has 0 aliphatic carbocycles. The summed E-state index contributed by atoms with van der Waals surface area (Å²) in [7, 11) is -5.91. The quantitative estimate of drug-likeness (QED) is 0.0811. The molecule has 0 fully saturated rings. The van der Waals surface area contributed by atoms with Crippen LogP contribution in [0.15, 0.2) is 58.8 Å². The molecule has 0 radical (unpaired) electrons. The van der Waals surface area contributed by atoms with Gasteiger partial charge in [-0.1, -0.05) is 35.5 Å². The molecule has 2 aromatic carbocycles. The summed E-state index contributed by atoms with van der Waals surface area (Å²) in [5.74, 6) is -0.823. The van der Waals surface area contributed by atoms with Gasteiger partial charge >= 0.3 is 21.7 Å². The summed E-state index contributed by atoms with van der Waals surface area (Å²) in [6.07, 6.45) is 1.72. The molecule has 0 aromatic heterocycles. The molecule has 1 amide bonds. The number of alkyl carbamates (subject to hydrolysis) is 1. The molecule has 0 aliphatic rings. The highest BCUT2D eigenvalue weighted by atomic mass is 35.5. The van der Waals surface area contributed by atoms with Gasteiger partial charge in [-0.05, 0) is 75.9 Å². The van der Waals surface area contributed by atoms with Crippen LogP contribution in [0.5, 0.6) is 11.5 Å². The number of aliphatic hydroxyl groups excluding tert-OH is 1. The highest BCUT2D eigenvalue weighted by Gasteiger charge is 2.48. The van der Waals surface area contributed by atoms with E-state index in [4.69, 9.17) is 21.6 Å². The third-order valence-corrected chi connectivity index (χ3v) is 7.59. The van der Waals surface area contributed by atoms with Crippen LogP contribution < -0.4 is 14.4 Å². The largest absolute Gasteiger partial charge is 0.534 e. The maximum Gasteiger partial charge on any atom is 0.534 e. The van der Waals surface area contributed by atoms with E-state index in [9.17, 15) is 31.5 Å². The van der Waals surface area contributed by atoms with Gasteiger partial charge in [0.25, 0.3) is 0 Å². The standard InChI is InChI=1S/C25H29ClF3NO8S2/c1-5-11-24(15-31,30-22(32)36-23(2,3)4)12-10-16-6-8-18(14-19(16)26)39-21-13-17(7-9-20(21)37-33)38-40(34,35)25(27,28)29/h5-9,13-14,31,33H,1,10-12,15H2,2-4H3,(H,30,32)/t24-/m0/s1. The molecule has 0 bridgehead atoms. The molecule has 0 saturated heterocycles. The van der Waals surface area contributed by atoms with Crippen LogP contribution in [-0.2, 0) is 21.3 Å². The van der Waals surface area contributed by atoms with Gasteiger partial charge in [0.2, 0.25) is 0 Å². The van der Waals surface area contributed by atoms with Crippen molar-refractivity contribution in [2.75, 3.05) is 6.61 Å². The van der Waals surface area contributed by atoms with Gasteiger partial charge in [-0.2, -0.15) is 21.6 Å². The van der Waals surface area contributed by atoms with E-state index in [2.05, 4.69) is 21.0 Å². The fraction of sp³-hybridized carbons (Fsp3) is 0.400. The summed E-state index contributed by atoms with van der Waals surface area (Å²) < 4.78 is 70.2. The fourth-order valence-electron chi connectivity index (χ4n) is 3.36. The zero-order valence-electron chi connectivity index (χ0n) is 21.7. The van der Waals surface area contributed by atoms with Crippen molar-refractivity contribution in [2.45, 2.75) is 66.5 Å². The first-order valence-electron chi connectivity index (χ1n) is 11.6. The van der Waals surface area contributed by atoms with Crippen LogP contribution in [0.2, 0.25) is 5.02 Å². The van der Waals surface area contributed by atoms with Crippen LogP contribution in [0.1, 0.15) is 39.2 Å². The van der Waals surface area contributed by atoms with Gasteiger partial charge in [-0.15, -0.1) is 6.58 Å². The van der Waals surface area contributed by atoms with Crippen LogP contribution in [0, 0.1) is 0 Å². The predicted molar refractivity (Wildman–Crippen MR) is 143 cm³/mol. The highest BCUT2D eigenvalue weighted by molar-refractivity contribution is 7.99. The number of halogens is 4. The van der Waals surface area contributed by atoms with Gasteiger partial charge in [0, 0.05) is 9.92 Å². The molecule has 0 aliphatic heterocycles. The number of ether oxygens (including phenoxy) is 1. The Balaban J connectivity index is 2.23. The number of nitrogens with one attached hydrogen (secondary N) is 1. The smallest absolute Gasteiger partial charge is 0.444 e. The van der Waals surface area contributed by atoms with Crippen LogP contribution >= 0.6 is 23.4 Å². The van der Waals surface area contributed by atoms with E-state index in [1.54, 1.807) is 39.0 Å². The summed E-state index contributed by atoms with van der Waals surface area (Å²) >= 11 is 7.37. The molecule has 0 heterocycles. The third kappa shape index (κ3) is 9.47. The van der Waals surface area contributed by atoms with Gasteiger partial charge in [-0.25, -0.2) is 10.1 Å². The van der Waals surface area contributed by atoms with Crippen molar-refractivity contribution in [2.24, 2.45) is 0 Å². The number of alkyl halides is 3. The zero-order chi connectivity index (χ0) is 30.4. The lowest BCUT2D eigenvalue weighted by atomic mass is 9.88. The second kappa shape index (κ2) is 13.3. The number of carbonyl (C=O) groups is 1. The predicted octanol–water partition coefficient (Wildman–Crippen LogP) is 6.34. The first-order chi connectivity index (χ1) is 18.4. The number of aliphatic hydroxyl groups is 1. The lowest BCUT2D eigenvalue weighted by Gasteiger charge is -2.33. The molecule has 0 unspecified atom stereocenters. The van der Waals surface area contributed by atoms with Gasteiger partial charge < -0.3 is 24.2 Å². The molecule has 0 spiro atoms. The summed E-state index contributed by atoms with van der Waals surface area (Å²) in [4.78, 5) is 17.1. The Morgan fingerprint density at radius 3 is 2.38 bits per heavy atom. The fourth-order valence-corrected chi connectivity index (χ4v) is 5.10. The van der Waals surface area contributed by atoms with E-state index in [1.807, 2.05) is 0 Å². The molecule has 9 nitrogen and oxygen atoms in total. The molecule has 2 rings (SSSR count). The number of aryl methyl sites for hydroxylation is 1. The zero-order valence-corrected chi connectivity index (χ0v) is 24.1. The second-order valence-electron chi connectivity index (χ2n) is 9.60. The summed E-state index contributed by atoms with van der Waals surface area (Å²) in [5, 5.41) is 22.3. The van der Waals surface area contributed by atoms with E-state index < -0.39 is 45.2 Å². The van der Waals surface area contributed by atoms with E-state index in [-0.39, 0.29) is 23.5 Å². The van der Waals surface area contributed by atoms with Crippen molar-refractivity contribution in [1.29, 1.82) is 0 Å². The van der Waals surface area contributed by atoms with E-state index in [0.717, 1.165) is 30.0 Å². The van der Waals surface area contributed by atoms with Crippen LogP contribution in [0.25, 0.3) is 0 Å². The van der Waals surface area contributed by atoms with Gasteiger partial charge in [-0.3, -0.25) is 0 Å². The Morgan fingerprint density at radius 1 is 1.18 bits per heavy atom. The average molecular weight is 628 g/mol. The van der Waals surface area contributed by atoms with Crippen LogP contribution in [-0.4, -0.2) is 48.1 Å². The Hall–Kier alpha value is -2.65. The average Bonchev–Trinajstić information content (AvgIpc) is 2.81. The minimum atomic E-state index is -5.91. The Bertz CT molecular complexity index is 1320. The first-order valence-corrected chi connectivity index (χ1v) is 14.2. The number of carbonyl (C=O) groups excluding carboxylic acids is 1. The van der Waals surface area contributed by atoms with E-state index in [0.29, 0.717) is 21.9 Å². The van der Waals surface area contributed by atoms with Crippen molar-refractivity contribution in [3.05, 3.63) is 59.6 Å². The second-order valence-corrected chi connectivity index (χ2v) is 12.7. The molecule has 2 aromatic rings. The number of hydrogen-bond acceptors (Lipinski definition) is 9. The van der Waals surface area contributed by atoms with Crippen LogP contribution in [0.4, 0.5) is 18.0 Å². The molecular weight excluding hydrogens is 599 g/mol. The number of hydrogen-bond donors (Lipinski definition) is 3. The molecule has 3 N–H and O–H groups in total. The maximum absolute atomic E-state index is 12.7. The third-order valence-electron chi connectivity index (χ3n) is 5.23. The number of rotatable bonds is 12. The van der Waals surface area contributed by atoms with Crippen LogP contribution in [0.3, 0.4) is 0 Å². The van der Waals surface area contributed by atoms with Crippen molar-refractivity contribution >= 4 is 39.6 Å². The molecule has 222 valence electrons. The van der Waals surface area contributed by atoms with E-state index in [1.165, 1.54) is 6.07 Å². The van der Waals surface area contributed by atoms with Crippen molar-refractivity contribution < 1.29 is 50.6 Å². The molecular formula is C25H29ClF3NO8S2. The van der Waals surface area contributed by atoms with Gasteiger partial charge in [0.15, 0.2) is 5.75 Å². The lowest BCUT2D eigenvalue weighted by molar-refractivity contribution is -0.140. The van der Waals surface area contributed by atoms with Crippen molar-refractivity contribution in [3.63, 3.8) is 0 Å². The van der Waals surface area contributed by atoms with Gasteiger partial charge in [0.1, 0.15) is 11.4 Å². The maximum atomic E-state index is 12.7. The molecule has 1 atom stereocenters. The minimum Gasteiger partial charge on any atom is -0.444 e. The SMILES string of the molecule is C=CC[C@@](CO)(CCc1ccc(Sc2cc(OS(=O)(=O)C(F)(F)F)ccc2OO)cc1Cl)NC(=O)OC(C)(C)C. The minimum absolute atomic E-state index is 0.0352. The Kier molecular flexibility index (Phi) is 11.2. The first kappa shape index (κ1) is 33.6. The van der Waals surface area contributed by atoms with Gasteiger partial charge in [0.05, 0.1) is 17.0 Å². The molecule has 40 heavy (non-hydrogen) atoms. The van der Waals surface area contributed by atoms with Crippen molar-refractivity contribution in [1.82, 2.24) is 5.32 Å². The number of amides is 1. The highest BCUT2D eigenvalue weighted by Crippen LogP contribution is 2.40.